The second kappa shape index (κ2) is 11.1. The number of fused-ring (bicyclic) bond motifs is 5. The highest BCUT2D eigenvalue weighted by Crippen LogP contribution is 2.66. The topological polar surface area (TPSA) is 99.4 Å². The quantitative estimate of drug-likeness (QED) is 0.327. The van der Waals surface area contributed by atoms with Crippen molar-refractivity contribution in [2.45, 2.75) is 136 Å². The van der Waals surface area contributed by atoms with E-state index in [9.17, 15) is 20.4 Å². The minimum Gasteiger partial charge on any atom is -0.393 e. The molecule has 6 rings (SSSR count). The van der Waals surface area contributed by atoms with Gasteiger partial charge in [0.05, 0.1) is 18.3 Å². The summed E-state index contributed by atoms with van der Waals surface area (Å²) in [6, 6.07) is 0. The third kappa shape index (κ3) is 4.99. The molecule has 1 aliphatic heterocycles. The van der Waals surface area contributed by atoms with E-state index < -0.39 is 30.7 Å². The van der Waals surface area contributed by atoms with E-state index in [4.69, 9.17) is 9.47 Å². The molecule has 6 aliphatic rings. The molecule has 0 aromatic rings. The Bertz CT molecular complexity index is 982. The minimum atomic E-state index is -1.28. The van der Waals surface area contributed by atoms with E-state index in [1.165, 1.54) is 24.8 Å². The summed E-state index contributed by atoms with van der Waals surface area (Å²) >= 11 is 0. The highest BCUT2D eigenvalue weighted by atomic mass is 16.7. The molecular formula is C35H58O6. The maximum atomic E-state index is 12.1. The van der Waals surface area contributed by atoms with Crippen LogP contribution in [0, 0.1) is 70.5 Å². The fourth-order valence-electron chi connectivity index (χ4n) is 11.1. The molecule has 0 bridgehead atoms. The largest absolute Gasteiger partial charge is 0.393 e. The first kappa shape index (κ1) is 30.5. The van der Waals surface area contributed by atoms with E-state index in [0.29, 0.717) is 23.7 Å². The molecule has 234 valence electrons. The molecule has 0 radical (unpaired) electrons. The van der Waals surface area contributed by atoms with Gasteiger partial charge in [-0.3, -0.25) is 0 Å². The first-order chi connectivity index (χ1) is 19.3. The monoisotopic (exact) mass is 574 g/mol. The molecule has 18 atom stereocenters. The molecule has 1 heterocycles. The number of hydrogen-bond acceptors (Lipinski definition) is 6. The Hall–Kier alpha value is -0.500. The predicted octanol–water partition coefficient (Wildman–Crippen LogP) is 5.17. The first-order valence-electron chi connectivity index (χ1n) is 17.1. The lowest BCUT2D eigenvalue weighted by atomic mass is 9.47. The van der Waals surface area contributed by atoms with E-state index in [2.05, 4.69) is 47.6 Å². The van der Waals surface area contributed by atoms with Crippen molar-refractivity contribution in [2.75, 3.05) is 0 Å². The van der Waals surface area contributed by atoms with Gasteiger partial charge in [0.25, 0.3) is 0 Å². The van der Waals surface area contributed by atoms with Crippen molar-refractivity contribution in [1.82, 2.24) is 0 Å². The van der Waals surface area contributed by atoms with Gasteiger partial charge >= 0.3 is 0 Å². The lowest BCUT2D eigenvalue weighted by Gasteiger charge is -2.59. The zero-order valence-electron chi connectivity index (χ0n) is 26.5. The molecule has 0 spiro atoms. The molecule has 5 fully saturated rings. The summed E-state index contributed by atoms with van der Waals surface area (Å²) in [7, 11) is 0. The summed E-state index contributed by atoms with van der Waals surface area (Å²) in [5, 5.41) is 42.9. The molecule has 0 unspecified atom stereocenters. The average molecular weight is 575 g/mol. The van der Waals surface area contributed by atoms with Gasteiger partial charge in [-0.25, -0.2) is 0 Å². The number of allylic oxidation sites excluding steroid dienone is 1. The Labute approximate surface area is 248 Å². The number of rotatable bonds is 6. The van der Waals surface area contributed by atoms with Crippen molar-refractivity contribution >= 4 is 0 Å². The maximum Gasteiger partial charge on any atom is 0.186 e. The fourth-order valence-corrected chi connectivity index (χ4v) is 11.1. The van der Waals surface area contributed by atoms with Crippen LogP contribution in [0.3, 0.4) is 0 Å². The van der Waals surface area contributed by atoms with E-state index in [-0.39, 0.29) is 23.5 Å². The first-order valence-corrected chi connectivity index (χ1v) is 17.1. The van der Waals surface area contributed by atoms with Crippen molar-refractivity contribution in [3.8, 4) is 0 Å². The fraction of sp³-hybridized carbons (Fsp3) is 0.943. The van der Waals surface area contributed by atoms with Crippen LogP contribution >= 0.6 is 0 Å². The summed E-state index contributed by atoms with van der Waals surface area (Å²) in [4.78, 5) is 0. The van der Waals surface area contributed by atoms with Gasteiger partial charge in [0.15, 0.2) is 6.29 Å². The normalized spacial score (nSPS) is 54.5. The minimum absolute atomic E-state index is 0.0333. The highest BCUT2D eigenvalue weighted by Gasteiger charge is 2.61. The molecule has 4 N–H and O–H groups in total. The summed E-state index contributed by atoms with van der Waals surface area (Å²) < 4.78 is 12.0. The number of aliphatic hydroxyl groups is 4. The lowest BCUT2D eigenvalue weighted by molar-refractivity contribution is -0.306. The Balaban J connectivity index is 1.15. The molecule has 1 saturated heterocycles. The molecule has 41 heavy (non-hydrogen) atoms. The van der Waals surface area contributed by atoms with Crippen molar-refractivity contribution in [3.63, 3.8) is 0 Å². The average Bonchev–Trinajstić information content (AvgIpc) is 3.61. The van der Waals surface area contributed by atoms with E-state index in [0.717, 1.165) is 61.2 Å². The van der Waals surface area contributed by atoms with E-state index in [1.54, 1.807) is 6.92 Å². The molecule has 6 nitrogen and oxygen atoms in total. The smallest absolute Gasteiger partial charge is 0.186 e. The summed E-state index contributed by atoms with van der Waals surface area (Å²) in [5.41, 5.74) is 1.36. The number of aliphatic hydroxyl groups excluding tert-OH is 4. The van der Waals surface area contributed by atoms with Crippen molar-refractivity contribution < 1.29 is 29.9 Å². The number of hydrogen-bond donors (Lipinski definition) is 4. The molecule has 0 aromatic heterocycles. The SMILES string of the molecule is CC(C)[C@@H](C)[C@H]1C[C@@H]1[C@@H](C)[C@H]1CC[C@H]2[C@H]3CC=C4C[C@@H](O[C@H]5O[C@@H](C)[C@H](O)[C@@H](O)[C@H]5O)CC[C@]4(C)[C@@H]3[C@H](O)[C@@H](C)[C@@H]12. The molecular weight excluding hydrogens is 516 g/mol. The van der Waals surface area contributed by atoms with Gasteiger partial charge in [0.1, 0.15) is 18.3 Å². The Morgan fingerprint density at radius 3 is 2.32 bits per heavy atom. The standard InChI is InChI=1S/C35H58O6/c1-16(2)17(3)26-15-27(26)18(4)23-10-11-24-25-9-8-21-14-22(41-34-33(39)32(38)31(37)20(6)40-34)12-13-35(21,7)29(25)30(36)19(5)28(23)24/h8,16-20,22-34,36-39H,9-15H2,1-7H3/t17-,18+,19+,20+,22+,23-,24+,25-,26-,27-,28+,29+,30-,31+,32-,33-,34-,35+/m1/s1. The van der Waals surface area contributed by atoms with Crippen LogP contribution in [0.15, 0.2) is 11.6 Å². The second-order valence-corrected chi connectivity index (χ2v) is 16.1. The van der Waals surface area contributed by atoms with Crippen LogP contribution in [-0.2, 0) is 9.47 Å². The van der Waals surface area contributed by atoms with E-state index in [1.807, 2.05) is 0 Å². The summed E-state index contributed by atoms with van der Waals surface area (Å²) in [5.74, 6) is 7.40. The molecule has 4 saturated carbocycles. The maximum absolute atomic E-state index is 12.1. The van der Waals surface area contributed by atoms with Crippen LogP contribution in [0.25, 0.3) is 0 Å². The Morgan fingerprint density at radius 2 is 1.61 bits per heavy atom. The van der Waals surface area contributed by atoms with Gasteiger partial charge in [-0.1, -0.05) is 53.2 Å². The highest BCUT2D eigenvalue weighted by molar-refractivity contribution is 5.26. The van der Waals surface area contributed by atoms with Crippen LogP contribution < -0.4 is 0 Å². The van der Waals surface area contributed by atoms with Crippen LogP contribution in [0.4, 0.5) is 0 Å². The van der Waals surface area contributed by atoms with Gasteiger partial charge in [0.2, 0.25) is 0 Å². The third-order valence-corrected chi connectivity index (χ3v) is 14.0. The summed E-state index contributed by atoms with van der Waals surface area (Å²) in [6.07, 6.45) is 4.56. The zero-order valence-corrected chi connectivity index (χ0v) is 26.5. The van der Waals surface area contributed by atoms with Crippen LogP contribution in [0.2, 0.25) is 0 Å². The third-order valence-electron chi connectivity index (χ3n) is 14.0. The van der Waals surface area contributed by atoms with Crippen molar-refractivity contribution in [1.29, 1.82) is 0 Å². The van der Waals surface area contributed by atoms with Crippen LogP contribution in [-0.4, -0.2) is 63.3 Å². The van der Waals surface area contributed by atoms with Gasteiger partial charge in [-0.2, -0.15) is 0 Å². The van der Waals surface area contributed by atoms with Gasteiger partial charge in [0, 0.05) is 0 Å². The predicted molar refractivity (Wildman–Crippen MR) is 159 cm³/mol. The van der Waals surface area contributed by atoms with E-state index >= 15 is 0 Å². The van der Waals surface area contributed by atoms with Crippen LogP contribution in [0.1, 0.15) is 93.4 Å². The zero-order chi connectivity index (χ0) is 29.5. The molecule has 0 aromatic carbocycles. The van der Waals surface area contributed by atoms with Gasteiger partial charge < -0.3 is 29.9 Å². The molecule has 0 amide bonds. The summed E-state index contributed by atoms with van der Waals surface area (Å²) in [6.45, 7) is 16.2. The Morgan fingerprint density at radius 1 is 0.878 bits per heavy atom. The van der Waals surface area contributed by atoms with Crippen molar-refractivity contribution in [3.05, 3.63) is 11.6 Å². The second-order valence-electron chi connectivity index (χ2n) is 16.1. The lowest BCUT2D eigenvalue weighted by Crippen LogP contribution is -2.59. The van der Waals surface area contributed by atoms with Crippen molar-refractivity contribution in [2.24, 2.45) is 70.5 Å². The molecule has 6 heteroatoms. The molecule has 5 aliphatic carbocycles. The van der Waals surface area contributed by atoms with Crippen LogP contribution in [0.5, 0.6) is 0 Å². The Kier molecular flexibility index (Phi) is 8.29. The number of ether oxygens (including phenoxy) is 2. The van der Waals surface area contributed by atoms with Gasteiger partial charge in [-0.15, -0.1) is 0 Å². The van der Waals surface area contributed by atoms with Gasteiger partial charge in [-0.05, 0) is 122 Å².